The second-order valence-electron chi connectivity index (χ2n) is 8.03. The Morgan fingerprint density at radius 2 is 1.83 bits per heavy atom. The number of hydroxylamine groups is 1. The van der Waals surface area contributed by atoms with Crippen LogP contribution >= 0.6 is 0 Å². The summed E-state index contributed by atoms with van der Waals surface area (Å²) in [5, 5.41) is 8.70. The monoisotopic (exact) mass is 408 g/mol. The van der Waals surface area contributed by atoms with Crippen LogP contribution in [0, 0.1) is 0 Å². The van der Waals surface area contributed by atoms with E-state index in [0.29, 0.717) is 6.42 Å². The Labute approximate surface area is 178 Å². The number of hydrogen-bond donors (Lipinski definition) is 2. The van der Waals surface area contributed by atoms with E-state index in [1.54, 1.807) is 5.48 Å². The second kappa shape index (κ2) is 10.9. The number of fused-ring (bicyclic) bond motifs is 1. The first-order valence-corrected chi connectivity index (χ1v) is 10.7. The number of aromatic nitrogens is 2. The van der Waals surface area contributed by atoms with Gasteiger partial charge in [-0.3, -0.25) is 10.0 Å². The fourth-order valence-corrected chi connectivity index (χ4v) is 3.73. The molecule has 0 aliphatic carbocycles. The first-order valence-electron chi connectivity index (χ1n) is 10.7. The van der Waals surface area contributed by atoms with E-state index in [1.165, 1.54) is 5.56 Å². The molecule has 2 aromatic carbocycles. The van der Waals surface area contributed by atoms with E-state index in [2.05, 4.69) is 66.0 Å². The first kappa shape index (κ1) is 22.0. The normalized spacial score (nSPS) is 11.3. The van der Waals surface area contributed by atoms with E-state index in [1.807, 2.05) is 6.07 Å². The van der Waals surface area contributed by atoms with E-state index >= 15 is 0 Å². The molecule has 1 heterocycles. The van der Waals surface area contributed by atoms with Gasteiger partial charge in [0.05, 0.1) is 11.0 Å². The van der Waals surface area contributed by atoms with Crippen molar-refractivity contribution in [1.29, 1.82) is 0 Å². The average Bonchev–Trinajstić information content (AvgIpc) is 3.10. The zero-order valence-corrected chi connectivity index (χ0v) is 18.0. The fraction of sp³-hybridized carbons (Fsp3) is 0.417. The number of carbonyl (C=O) groups is 1. The molecule has 160 valence electrons. The molecule has 0 saturated carbocycles. The highest BCUT2D eigenvalue weighted by atomic mass is 16.5. The lowest BCUT2D eigenvalue weighted by atomic mass is 10.1. The van der Waals surface area contributed by atoms with Gasteiger partial charge < -0.3 is 9.47 Å². The smallest absolute Gasteiger partial charge is 0.243 e. The Hall–Kier alpha value is -2.70. The molecule has 0 atom stereocenters. The average molecular weight is 409 g/mol. The first-order chi connectivity index (χ1) is 14.6. The maximum atomic E-state index is 11.3. The van der Waals surface area contributed by atoms with Gasteiger partial charge in [0.25, 0.3) is 0 Å². The number of nitrogens with one attached hydrogen (secondary N) is 1. The zero-order chi connectivity index (χ0) is 21.3. The Bertz CT molecular complexity index is 950. The number of imidazole rings is 1. The number of hydrogen-bond acceptors (Lipinski definition) is 4. The minimum Gasteiger partial charge on any atom is -0.328 e. The number of amides is 1. The molecule has 3 aromatic rings. The van der Waals surface area contributed by atoms with Crippen LogP contribution in [0.4, 0.5) is 0 Å². The van der Waals surface area contributed by atoms with Gasteiger partial charge in [-0.25, -0.2) is 10.5 Å². The van der Waals surface area contributed by atoms with Gasteiger partial charge in [-0.2, -0.15) is 0 Å². The van der Waals surface area contributed by atoms with Crippen molar-refractivity contribution in [3.8, 4) is 0 Å². The third kappa shape index (κ3) is 6.15. The molecule has 1 amide bonds. The van der Waals surface area contributed by atoms with Crippen LogP contribution in [-0.4, -0.2) is 46.2 Å². The molecule has 0 spiro atoms. The van der Waals surface area contributed by atoms with Crippen molar-refractivity contribution in [2.75, 3.05) is 20.6 Å². The summed E-state index contributed by atoms with van der Waals surface area (Å²) in [5.74, 6) is 0.744. The van der Waals surface area contributed by atoms with E-state index in [4.69, 9.17) is 10.2 Å². The Kier molecular flexibility index (Phi) is 7.99. The summed E-state index contributed by atoms with van der Waals surface area (Å²) < 4.78 is 2.36. The number of rotatable bonds is 11. The predicted molar refractivity (Wildman–Crippen MR) is 120 cm³/mol. The SMILES string of the molecule is CN(C)CCCCn1c(CCc2ccccc2)nc2cc(CCC(=O)NO)ccc21. The van der Waals surface area contributed by atoms with Crippen molar-refractivity contribution in [3.05, 3.63) is 65.5 Å². The minimum absolute atomic E-state index is 0.258. The number of benzene rings is 2. The summed E-state index contributed by atoms with van der Waals surface area (Å²) in [5.41, 5.74) is 6.20. The molecule has 3 rings (SSSR count). The van der Waals surface area contributed by atoms with Crippen molar-refractivity contribution in [2.24, 2.45) is 0 Å². The third-order valence-electron chi connectivity index (χ3n) is 5.37. The summed E-state index contributed by atoms with van der Waals surface area (Å²) in [6.45, 7) is 2.05. The van der Waals surface area contributed by atoms with Crippen LogP contribution in [0.3, 0.4) is 0 Å². The zero-order valence-electron chi connectivity index (χ0n) is 18.0. The van der Waals surface area contributed by atoms with E-state index in [-0.39, 0.29) is 12.3 Å². The van der Waals surface area contributed by atoms with Gasteiger partial charge in [0.1, 0.15) is 5.82 Å². The van der Waals surface area contributed by atoms with Crippen LogP contribution in [0.25, 0.3) is 11.0 Å². The lowest BCUT2D eigenvalue weighted by molar-refractivity contribution is -0.129. The summed E-state index contributed by atoms with van der Waals surface area (Å²) in [4.78, 5) is 18.5. The maximum Gasteiger partial charge on any atom is 0.243 e. The predicted octanol–water partition coefficient (Wildman–Crippen LogP) is 3.60. The minimum atomic E-state index is -0.370. The molecule has 0 radical (unpaired) electrons. The summed E-state index contributed by atoms with van der Waals surface area (Å²) in [7, 11) is 4.22. The highest BCUT2D eigenvalue weighted by Crippen LogP contribution is 2.21. The van der Waals surface area contributed by atoms with Crippen LogP contribution in [-0.2, 0) is 30.6 Å². The Morgan fingerprint density at radius 1 is 1.03 bits per heavy atom. The van der Waals surface area contributed by atoms with Gasteiger partial charge in [0, 0.05) is 19.4 Å². The van der Waals surface area contributed by atoms with Crippen molar-refractivity contribution in [2.45, 2.75) is 45.1 Å². The van der Waals surface area contributed by atoms with E-state index < -0.39 is 0 Å². The topological polar surface area (TPSA) is 70.4 Å². The highest BCUT2D eigenvalue weighted by Gasteiger charge is 2.12. The van der Waals surface area contributed by atoms with Gasteiger partial charge in [-0.15, -0.1) is 0 Å². The third-order valence-corrected chi connectivity index (χ3v) is 5.37. The van der Waals surface area contributed by atoms with E-state index in [0.717, 1.165) is 61.2 Å². The largest absolute Gasteiger partial charge is 0.328 e. The molecule has 0 fully saturated rings. The molecule has 0 saturated heterocycles. The van der Waals surface area contributed by atoms with Gasteiger partial charge >= 0.3 is 0 Å². The molecule has 0 bridgehead atoms. The highest BCUT2D eigenvalue weighted by molar-refractivity contribution is 5.78. The molecule has 0 aliphatic rings. The molecular formula is C24H32N4O2. The van der Waals surface area contributed by atoms with Gasteiger partial charge in [0.15, 0.2) is 0 Å². The standard InChI is InChI=1S/C24H32N4O2/c1-27(2)16-6-7-17-28-22-13-10-20(12-15-24(29)26-30)18-21(22)25-23(28)14-11-19-8-4-3-5-9-19/h3-5,8-10,13,18,30H,6-7,11-12,14-17H2,1-2H3,(H,26,29). The number of nitrogens with zero attached hydrogens (tertiary/aromatic N) is 3. The quantitative estimate of drug-likeness (QED) is 0.289. The van der Waals surface area contributed by atoms with Crippen molar-refractivity contribution >= 4 is 16.9 Å². The number of carbonyl (C=O) groups excluding carboxylic acids is 1. The molecule has 6 nitrogen and oxygen atoms in total. The van der Waals surface area contributed by atoms with Crippen LogP contribution in [0.2, 0.25) is 0 Å². The maximum absolute atomic E-state index is 11.3. The lowest BCUT2D eigenvalue weighted by Gasteiger charge is -2.12. The number of aryl methyl sites for hydroxylation is 4. The lowest BCUT2D eigenvalue weighted by Crippen LogP contribution is -2.18. The van der Waals surface area contributed by atoms with Crippen LogP contribution < -0.4 is 5.48 Å². The molecule has 0 unspecified atom stereocenters. The molecule has 6 heteroatoms. The van der Waals surface area contributed by atoms with Gasteiger partial charge in [0.2, 0.25) is 5.91 Å². The molecular weight excluding hydrogens is 376 g/mol. The summed E-state index contributed by atoms with van der Waals surface area (Å²) >= 11 is 0. The number of unbranched alkanes of at least 4 members (excludes halogenated alkanes) is 1. The van der Waals surface area contributed by atoms with Crippen molar-refractivity contribution in [3.63, 3.8) is 0 Å². The van der Waals surface area contributed by atoms with Crippen molar-refractivity contribution < 1.29 is 10.0 Å². The van der Waals surface area contributed by atoms with Crippen molar-refractivity contribution in [1.82, 2.24) is 19.9 Å². The van der Waals surface area contributed by atoms with Gasteiger partial charge in [-0.05, 0) is 69.6 Å². The summed E-state index contributed by atoms with van der Waals surface area (Å²) in [6, 6.07) is 16.8. The van der Waals surface area contributed by atoms with E-state index in [9.17, 15) is 4.79 Å². The molecule has 2 N–H and O–H groups in total. The molecule has 0 aliphatic heterocycles. The van der Waals surface area contributed by atoms with Crippen LogP contribution in [0.15, 0.2) is 48.5 Å². The molecule has 1 aromatic heterocycles. The Balaban J connectivity index is 1.79. The second-order valence-corrected chi connectivity index (χ2v) is 8.03. The fourth-order valence-electron chi connectivity index (χ4n) is 3.73. The Morgan fingerprint density at radius 3 is 2.57 bits per heavy atom. The van der Waals surface area contributed by atoms with Gasteiger partial charge in [-0.1, -0.05) is 36.4 Å². The summed E-state index contributed by atoms with van der Waals surface area (Å²) in [6.07, 6.45) is 4.96. The van der Waals surface area contributed by atoms with Crippen LogP contribution in [0.5, 0.6) is 0 Å². The molecule has 30 heavy (non-hydrogen) atoms. The van der Waals surface area contributed by atoms with Crippen LogP contribution in [0.1, 0.15) is 36.2 Å².